The monoisotopic (exact) mass is 374 g/mol. The number of aromatic amines is 1. The number of carbonyl (C=O) groups is 2. The number of thioether (sulfide) groups is 1. The van der Waals surface area contributed by atoms with Gasteiger partial charge in [0.2, 0.25) is 11.1 Å². The number of hydrogen-bond donors (Lipinski definition) is 2. The fourth-order valence-electron chi connectivity index (χ4n) is 2.60. The first kappa shape index (κ1) is 18.2. The lowest BCUT2D eigenvalue weighted by Gasteiger charge is -2.34. The number of carbonyl (C=O) groups excluding carboxylic acids is 2. The van der Waals surface area contributed by atoms with Crippen LogP contribution in [0.25, 0.3) is 0 Å². The number of piperazine rings is 1. The molecule has 0 aliphatic carbocycles. The van der Waals surface area contributed by atoms with Crippen LogP contribution in [0.15, 0.2) is 35.5 Å². The predicted molar refractivity (Wildman–Crippen MR) is 100 cm³/mol. The van der Waals surface area contributed by atoms with Crippen molar-refractivity contribution in [1.29, 1.82) is 0 Å². The topological polar surface area (TPSA) is 94.2 Å². The maximum absolute atomic E-state index is 12.3. The second-order valence-electron chi connectivity index (χ2n) is 5.87. The van der Waals surface area contributed by atoms with E-state index in [0.29, 0.717) is 37.1 Å². The molecular weight excluding hydrogens is 352 g/mol. The summed E-state index contributed by atoms with van der Waals surface area (Å²) in [5.41, 5.74) is 0.769. The summed E-state index contributed by atoms with van der Waals surface area (Å²) in [7, 11) is 0. The number of urea groups is 1. The van der Waals surface area contributed by atoms with Gasteiger partial charge in [-0.05, 0) is 12.1 Å². The van der Waals surface area contributed by atoms with Gasteiger partial charge in [0, 0.05) is 38.3 Å². The number of amides is 3. The lowest BCUT2D eigenvalue weighted by molar-refractivity contribution is -0.129. The molecule has 0 atom stereocenters. The summed E-state index contributed by atoms with van der Waals surface area (Å²) in [6.07, 6.45) is 0.786. The molecule has 8 nitrogen and oxygen atoms in total. The zero-order valence-electron chi connectivity index (χ0n) is 14.6. The summed E-state index contributed by atoms with van der Waals surface area (Å²) in [6, 6.07) is 9.22. The largest absolute Gasteiger partial charge is 0.338 e. The number of H-pyrrole nitrogens is 1. The van der Waals surface area contributed by atoms with Crippen molar-refractivity contribution in [2.75, 3.05) is 37.2 Å². The maximum atomic E-state index is 12.3. The summed E-state index contributed by atoms with van der Waals surface area (Å²) in [4.78, 5) is 32.4. The molecule has 0 unspecified atom stereocenters. The average molecular weight is 374 g/mol. The van der Waals surface area contributed by atoms with E-state index in [1.165, 1.54) is 11.8 Å². The third kappa shape index (κ3) is 4.75. The van der Waals surface area contributed by atoms with E-state index in [2.05, 4.69) is 20.5 Å². The zero-order valence-corrected chi connectivity index (χ0v) is 15.5. The Balaban J connectivity index is 1.42. The van der Waals surface area contributed by atoms with E-state index in [1.807, 2.05) is 37.3 Å². The Morgan fingerprint density at radius 2 is 1.85 bits per heavy atom. The first-order valence-electron chi connectivity index (χ1n) is 8.58. The molecule has 0 radical (unpaired) electrons. The van der Waals surface area contributed by atoms with Gasteiger partial charge in [-0.2, -0.15) is 0 Å². The summed E-state index contributed by atoms with van der Waals surface area (Å²) in [5.74, 6) is 1.16. The van der Waals surface area contributed by atoms with Crippen LogP contribution in [0.1, 0.15) is 12.7 Å². The van der Waals surface area contributed by atoms with Crippen LogP contribution in [0.2, 0.25) is 0 Å². The number of anilines is 1. The van der Waals surface area contributed by atoms with E-state index >= 15 is 0 Å². The minimum absolute atomic E-state index is 0.0426. The fraction of sp³-hybridized carbons (Fsp3) is 0.412. The molecule has 26 heavy (non-hydrogen) atoms. The Bertz CT molecular complexity index is 743. The third-order valence-electron chi connectivity index (χ3n) is 4.12. The van der Waals surface area contributed by atoms with Crippen LogP contribution in [-0.2, 0) is 11.2 Å². The molecule has 1 aliphatic heterocycles. The second kappa shape index (κ2) is 8.70. The van der Waals surface area contributed by atoms with Gasteiger partial charge in [0.25, 0.3) is 0 Å². The molecule has 2 heterocycles. The number of benzene rings is 1. The van der Waals surface area contributed by atoms with E-state index in [4.69, 9.17) is 0 Å². The van der Waals surface area contributed by atoms with Gasteiger partial charge in [0.05, 0.1) is 5.75 Å². The molecule has 1 aromatic heterocycles. The first-order valence-corrected chi connectivity index (χ1v) is 9.57. The number of nitrogens with zero attached hydrogens (tertiary/aromatic N) is 4. The minimum Gasteiger partial charge on any atom is -0.338 e. The summed E-state index contributed by atoms with van der Waals surface area (Å²) >= 11 is 1.33. The van der Waals surface area contributed by atoms with Crippen LogP contribution < -0.4 is 5.32 Å². The Labute approximate surface area is 156 Å². The van der Waals surface area contributed by atoms with Gasteiger partial charge < -0.3 is 15.1 Å². The standard InChI is InChI=1S/C17H22N6O2S/c1-2-14-19-16(21-20-14)26-12-15(24)22-8-10-23(11-9-22)17(25)18-13-6-4-3-5-7-13/h3-7H,2,8-12H2,1H3,(H,18,25)(H,19,20,21). The van der Waals surface area contributed by atoms with Crippen LogP contribution in [0.4, 0.5) is 10.5 Å². The van der Waals surface area contributed by atoms with E-state index in [1.54, 1.807) is 9.80 Å². The molecular formula is C17H22N6O2S. The molecule has 0 spiro atoms. The number of nitrogens with one attached hydrogen (secondary N) is 2. The molecule has 1 saturated heterocycles. The fourth-order valence-corrected chi connectivity index (χ4v) is 3.32. The molecule has 1 aromatic carbocycles. The molecule has 3 amide bonds. The SMILES string of the molecule is CCc1nc(SCC(=O)N2CCN(C(=O)Nc3ccccc3)CC2)n[nH]1. The molecule has 138 valence electrons. The van der Waals surface area contributed by atoms with Crippen molar-refractivity contribution < 1.29 is 9.59 Å². The second-order valence-corrected chi connectivity index (χ2v) is 6.81. The molecule has 0 saturated carbocycles. The quantitative estimate of drug-likeness (QED) is 0.779. The van der Waals surface area contributed by atoms with Gasteiger partial charge in [0.15, 0.2) is 0 Å². The summed E-state index contributed by atoms with van der Waals surface area (Å²) in [5, 5.41) is 10.4. The highest BCUT2D eigenvalue weighted by molar-refractivity contribution is 7.99. The van der Waals surface area contributed by atoms with Crippen molar-refractivity contribution in [2.24, 2.45) is 0 Å². The van der Waals surface area contributed by atoms with Gasteiger partial charge in [-0.25, -0.2) is 9.78 Å². The number of para-hydroxylation sites is 1. The van der Waals surface area contributed by atoms with Gasteiger partial charge in [-0.15, -0.1) is 5.10 Å². The Hall–Kier alpha value is -2.55. The highest BCUT2D eigenvalue weighted by Crippen LogP contribution is 2.15. The van der Waals surface area contributed by atoms with Crippen LogP contribution >= 0.6 is 11.8 Å². The molecule has 2 N–H and O–H groups in total. The first-order chi connectivity index (χ1) is 12.7. The van der Waals surface area contributed by atoms with Gasteiger partial charge in [-0.3, -0.25) is 9.89 Å². The van der Waals surface area contributed by atoms with Crippen molar-refractivity contribution in [1.82, 2.24) is 25.0 Å². The van der Waals surface area contributed by atoms with Crippen LogP contribution in [0.3, 0.4) is 0 Å². The van der Waals surface area contributed by atoms with Crippen molar-refractivity contribution in [2.45, 2.75) is 18.5 Å². The van der Waals surface area contributed by atoms with Crippen molar-refractivity contribution in [3.8, 4) is 0 Å². The van der Waals surface area contributed by atoms with E-state index in [9.17, 15) is 9.59 Å². The normalized spacial score (nSPS) is 14.3. The van der Waals surface area contributed by atoms with Crippen LogP contribution in [0, 0.1) is 0 Å². The Morgan fingerprint density at radius 1 is 1.15 bits per heavy atom. The van der Waals surface area contributed by atoms with Crippen molar-refractivity contribution >= 4 is 29.4 Å². The number of hydrogen-bond acceptors (Lipinski definition) is 5. The van der Waals surface area contributed by atoms with E-state index in [-0.39, 0.29) is 11.9 Å². The van der Waals surface area contributed by atoms with Gasteiger partial charge >= 0.3 is 6.03 Å². The molecule has 3 rings (SSSR count). The van der Waals surface area contributed by atoms with Crippen LogP contribution in [0.5, 0.6) is 0 Å². The lowest BCUT2D eigenvalue weighted by Crippen LogP contribution is -2.52. The smallest absolute Gasteiger partial charge is 0.321 e. The average Bonchev–Trinajstić information content (AvgIpc) is 3.15. The van der Waals surface area contributed by atoms with E-state index < -0.39 is 0 Å². The molecule has 0 bridgehead atoms. The number of rotatable bonds is 5. The number of aryl methyl sites for hydroxylation is 1. The van der Waals surface area contributed by atoms with Crippen LogP contribution in [-0.4, -0.2) is 68.9 Å². The number of aromatic nitrogens is 3. The highest BCUT2D eigenvalue weighted by atomic mass is 32.2. The minimum atomic E-state index is -0.134. The Morgan fingerprint density at radius 3 is 2.50 bits per heavy atom. The predicted octanol–water partition coefficient (Wildman–Crippen LogP) is 1.84. The Kier molecular flexibility index (Phi) is 6.11. The molecule has 9 heteroatoms. The maximum Gasteiger partial charge on any atom is 0.321 e. The third-order valence-corrected chi connectivity index (χ3v) is 4.95. The summed E-state index contributed by atoms with van der Waals surface area (Å²) in [6.45, 7) is 4.12. The molecule has 2 aromatic rings. The molecule has 1 fully saturated rings. The van der Waals surface area contributed by atoms with E-state index in [0.717, 1.165) is 17.9 Å². The highest BCUT2D eigenvalue weighted by Gasteiger charge is 2.24. The molecule has 1 aliphatic rings. The lowest BCUT2D eigenvalue weighted by atomic mass is 10.3. The van der Waals surface area contributed by atoms with Crippen molar-refractivity contribution in [3.63, 3.8) is 0 Å². The van der Waals surface area contributed by atoms with Gasteiger partial charge in [-0.1, -0.05) is 36.9 Å². The van der Waals surface area contributed by atoms with Gasteiger partial charge in [0.1, 0.15) is 5.82 Å². The zero-order chi connectivity index (χ0) is 18.4. The summed E-state index contributed by atoms with van der Waals surface area (Å²) < 4.78 is 0. The van der Waals surface area contributed by atoms with Crippen molar-refractivity contribution in [3.05, 3.63) is 36.2 Å².